The number of carbonyl (C=O) groups is 1. The zero-order chi connectivity index (χ0) is 21.3. The van der Waals surface area contributed by atoms with Gasteiger partial charge in [-0.05, 0) is 42.3 Å². The van der Waals surface area contributed by atoms with Crippen molar-refractivity contribution in [1.82, 2.24) is 4.90 Å². The summed E-state index contributed by atoms with van der Waals surface area (Å²) in [6.45, 7) is 3.33. The summed E-state index contributed by atoms with van der Waals surface area (Å²) in [5, 5.41) is 0.792. The second-order valence-corrected chi connectivity index (χ2v) is 7.56. The lowest BCUT2D eigenvalue weighted by Gasteiger charge is -2.25. The summed E-state index contributed by atoms with van der Waals surface area (Å²) in [5.41, 5.74) is 1.22. The van der Waals surface area contributed by atoms with Crippen molar-refractivity contribution in [1.29, 1.82) is 0 Å². The highest BCUT2D eigenvalue weighted by Crippen LogP contribution is 2.38. The fraction of sp³-hybridized carbons (Fsp3) is 0.304. The standard InChI is InChI=1S/C23H22ClNO5/c1-3-11-29-16-7-4-14(5-8-16)20-19-21(26)17-13-15(24)6-9-18(17)30-22(19)23(27)25(20)10-12-28-2/h4-9,13,20H,3,10-12H2,1-2H3. The number of ether oxygens (including phenoxy) is 2. The van der Waals surface area contributed by atoms with Crippen LogP contribution < -0.4 is 10.2 Å². The van der Waals surface area contributed by atoms with Gasteiger partial charge in [0.25, 0.3) is 5.91 Å². The van der Waals surface area contributed by atoms with Gasteiger partial charge < -0.3 is 18.8 Å². The van der Waals surface area contributed by atoms with Gasteiger partial charge in [-0.3, -0.25) is 9.59 Å². The number of nitrogens with zero attached hydrogens (tertiary/aromatic N) is 1. The van der Waals surface area contributed by atoms with Crippen LogP contribution in [0.25, 0.3) is 11.0 Å². The van der Waals surface area contributed by atoms with Crippen LogP contribution in [0, 0.1) is 0 Å². The Labute approximate surface area is 179 Å². The maximum atomic E-state index is 13.4. The summed E-state index contributed by atoms with van der Waals surface area (Å²) >= 11 is 6.09. The smallest absolute Gasteiger partial charge is 0.290 e. The number of hydrogen-bond acceptors (Lipinski definition) is 5. The van der Waals surface area contributed by atoms with Gasteiger partial charge in [-0.2, -0.15) is 0 Å². The number of benzene rings is 2. The summed E-state index contributed by atoms with van der Waals surface area (Å²) in [6, 6.07) is 11.7. The van der Waals surface area contributed by atoms with Crippen molar-refractivity contribution in [2.45, 2.75) is 19.4 Å². The van der Waals surface area contributed by atoms with E-state index in [-0.39, 0.29) is 17.1 Å². The molecular formula is C23H22ClNO5. The van der Waals surface area contributed by atoms with E-state index < -0.39 is 6.04 Å². The first kappa shape index (κ1) is 20.4. The molecule has 1 amide bonds. The number of fused-ring (bicyclic) bond motifs is 2. The predicted molar refractivity (Wildman–Crippen MR) is 114 cm³/mol. The number of amides is 1. The molecule has 1 unspecified atom stereocenters. The van der Waals surface area contributed by atoms with Gasteiger partial charge in [0.1, 0.15) is 11.3 Å². The fourth-order valence-corrected chi connectivity index (χ4v) is 3.90. The van der Waals surface area contributed by atoms with E-state index in [4.69, 9.17) is 25.5 Å². The van der Waals surface area contributed by atoms with Gasteiger partial charge >= 0.3 is 0 Å². The molecule has 0 spiro atoms. The normalized spacial score (nSPS) is 15.6. The third-order valence-electron chi connectivity index (χ3n) is 5.13. The van der Waals surface area contributed by atoms with E-state index in [0.29, 0.717) is 41.3 Å². The van der Waals surface area contributed by atoms with Crippen molar-refractivity contribution < 1.29 is 18.7 Å². The van der Waals surface area contributed by atoms with Gasteiger partial charge in [-0.15, -0.1) is 0 Å². The first-order valence-corrected chi connectivity index (χ1v) is 10.2. The first-order chi connectivity index (χ1) is 14.5. The molecule has 0 saturated heterocycles. The van der Waals surface area contributed by atoms with Gasteiger partial charge in [0.05, 0.1) is 30.2 Å². The zero-order valence-electron chi connectivity index (χ0n) is 16.8. The number of hydrogen-bond donors (Lipinski definition) is 0. The van der Waals surface area contributed by atoms with E-state index in [1.165, 1.54) is 0 Å². The maximum Gasteiger partial charge on any atom is 0.290 e. The molecule has 1 aliphatic rings. The minimum absolute atomic E-state index is 0.0715. The molecule has 0 N–H and O–H groups in total. The average Bonchev–Trinajstić information content (AvgIpc) is 3.03. The van der Waals surface area contributed by atoms with Gasteiger partial charge in [0.15, 0.2) is 5.43 Å². The Kier molecular flexibility index (Phi) is 5.79. The van der Waals surface area contributed by atoms with Crippen LogP contribution in [0.4, 0.5) is 0 Å². The second kappa shape index (κ2) is 8.50. The van der Waals surface area contributed by atoms with E-state index in [0.717, 1.165) is 17.7 Å². The largest absolute Gasteiger partial charge is 0.494 e. The van der Waals surface area contributed by atoms with Gasteiger partial charge in [0, 0.05) is 18.7 Å². The number of rotatable bonds is 7. The Balaban J connectivity index is 1.85. The molecule has 30 heavy (non-hydrogen) atoms. The van der Waals surface area contributed by atoms with Crippen LogP contribution in [-0.2, 0) is 4.74 Å². The zero-order valence-corrected chi connectivity index (χ0v) is 17.6. The number of carbonyl (C=O) groups excluding carboxylic acids is 1. The summed E-state index contributed by atoms with van der Waals surface area (Å²) in [4.78, 5) is 28.1. The third-order valence-corrected chi connectivity index (χ3v) is 5.37. The van der Waals surface area contributed by atoms with Crippen molar-refractivity contribution in [2.75, 3.05) is 26.9 Å². The van der Waals surface area contributed by atoms with E-state index >= 15 is 0 Å². The Morgan fingerprint density at radius 2 is 1.87 bits per heavy atom. The summed E-state index contributed by atoms with van der Waals surface area (Å²) < 4.78 is 16.7. The highest BCUT2D eigenvalue weighted by atomic mass is 35.5. The number of methoxy groups -OCH3 is 1. The Morgan fingerprint density at radius 3 is 2.57 bits per heavy atom. The molecule has 1 aromatic heterocycles. The molecule has 1 atom stereocenters. The molecule has 4 rings (SSSR count). The van der Waals surface area contributed by atoms with Gasteiger partial charge in [0.2, 0.25) is 5.76 Å². The molecule has 2 heterocycles. The van der Waals surface area contributed by atoms with E-state index in [1.807, 2.05) is 31.2 Å². The SMILES string of the molecule is CCCOc1ccc(C2c3c(oc4ccc(Cl)cc4c3=O)C(=O)N2CCOC)cc1. The second-order valence-electron chi connectivity index (χ2n) is 7.13. The Bertz CT molecular complexity index is 1140. The first-order valence-electron chi connectivity index (χ1n) is 9.84. The summed E-state index contributed by atoms with van der Waals surface area (Å²) in [5.74, 6) is 0.487. The number of halogens is 1. The van der Waals surface area contributed by atoms with E-state index in [1.54, 1.807) is 30.2 Å². The van der Waals surface area contributed by atoms with Crippen molar-refractivity contribution in [3.63, 3.8) is 0 Å². The molecule has 0 radical (unpaired) electrons. The molecule has 0 aliphatic carbocycles. The summed E-state index contributed by atoms with van der Waals surface area (Å²) in [6.07, 6.45) is 0.910. The minimum Gasteiger partial charge on any atom is -0.494 e. The highest BCUT2D eigenvalue weighted by Gasteiger charge is 2.42. The Morgan fingerprint density at radius 1 is 1.10 bits per heavy atom. The fourth-order valence-electron chi connectivity index (χ4n) is 3.73. The van der Waals surface area contributed by atoms with Crippen molar-refractivity contribution >= 4 is 28.5 Å². The van der Waals surface area contributed by atoms with Crippen molar-refractivity contribution in [2.24, 2.45) is 0 Å². The monoisotopic (exact) mass is 427 g/mol. The molecule has 3 aromatic rings. The van der Waals surface area contributed by atoms with Crippen molar-refractivity contribution in [3.05, 3.63) is 74.6 Å². The van der Waals surface area contributed by atoms with Crippen LogP contribution in [0.1, 0.15) is 41.1 Å². The van der Waals surface area contributed by atoms with Gasteiger partial charge in [-0.1, -0.05) is 30.7 Å². The van der Waals surface area contributed by atoms with E-state index in [2.05, 4.69) is 0 Å². The van der Waals surface area contributed by atoms with Crippen LogP contribution in [0.5, 0.6) is 5.75 Å². The Hall–Kier alpha value is -2.83. The predicted octanol–water partition coefficient (Wildman–Crippen LogP) is 4.43. The van der Waals surface area contributed by atoms with E-state index in [9.17, 15) is 9.59 Å². The molecule has 7 heteroatoms. The topological polar surface area (TPSA) is 69.0 Å². The molecule has 0 bridgehead atoms. The van der Waals surface area contributed by atoms with Crippen LogP contribution in [0.3, 0.4) is 0 Å². The average molecular weight is 428 g/mol. The van der Waals surface area contributed by atoms with Crippen molar-refractivity contribution in [3.8, 4) is 5.75 Å². The molecule has 1 aliphatic heterocycles. The molecule has 0 saturated carbocycles. The lowest BCUT2D eigenvalue weighted by molar-refractivity contribution is 0.0663. The highest BCUT2D eigenvalue weighted by molar-refractivity contribution is 6.31. The lowest BCUT2D eigenvalue weighted by Crippen LogP contribution is -2.32. The third kappa shape index (κ3) is 3.57. The molecule has 2 aromatic carbocycles. The maximum absolute atomic E-state index is 13.4. The van der Waals surface area contributed by atoms with Crippen LogP contribution in [0.15, 0.2) is 51.7 Å². The molecule has 6 nitrogen and oxygen atoms in total. The minimum atomic E-state index is -0.567. The van der Waals surface area contributed by atoms with Crippen LogP contribution >= 0.6 is 11.6 Å². The molecule has 0 fully saturated rings. The van der Waals surface area contributed by atoms with Crippen LogP contribution in [-0.4, -0.2) is 37.7 Å². The lowest BCUT2D eigenvalue weighted by atomic mass is 9.98. The van der Waals surface area contributed by atoms with Crippen LogP contribution in [0.2, 0.25) is 5.02 Å². The molecular weight excluding hydrogens is 406 g/mol. The van der Waals surface area contributed by atoms with Gasteiger partial charge in [-0.25, -0.2) is 0 Å². The quantitative estimate of drug-likeness (QED) is 0.558. The summed E-state index contributed by atoms with van der Waals surface area (Å²) in [7, 11) is 1.57. The molecule has 156 valence electrons.